The van der Waals surface area contributed by atoms with E-state index in [0.717, 1.165) is 5.56 Å². The molecule has 6 heteroatoms. The minimum Gasteiger partial charge on any atom is -0.507 e. The molecule has 5 nitrogen and oxygen atoms in total. The van der Waals surface area contributed by atoms with Crippen LogP contribution in [0.4, 0.5) is 0 Å². The average Bonchev–Trinajstić information content (AvgIpc) is 2.60. The van der Waals surface area contributed by atoms with Crippen molar-refractivity contribution in [2.75, 3.05) is 13.2 Å². The van der Waals surface area contributed by atoms with Crippen LogP contribution in [0, 0.1) is 0 Å². The van der Waals surface area contributed by atoms with Crippen molar-refractivity contribution in [2.45, 2.75) is 12.8 Å². The number of benzene rings is 2. The Morgan fingerprint density at radius 3 is 2.62 bits per heavy atom. The average molecular weight is 392 g/mol. The van der Waals surface area contributed by atoms with Crippen molar-refractivity contribution in [2.24, 2.45) is 0 Å². The van der Waals surface area contributed by atoms with E-state index in [1.165, 1.54) is 12.1 Å². The molecule has 0 spiro atoms. The van der Waals surface area contributed by atoms with Crippen LogP contribution in [0.2, 0.25) is 0 Å². The summed E-state index contributed by atoms with van der Waals surface area (Å²) in [5, 5.41) is 12.4. The molecule has 0 saturated heterocycles. The van der Waals surface area contributed by atoms with Crippen LogP contribution in [0.1, 0.15) is 28.8 Å². The molecule has 0 heterocycles. The van der Waals surface area contributed by atoms with Crippen molar-refractivity contribution < 1.29 is 19.4 Å². The van der Waals surface area contributed by atoms with Gasteiger partial charge >= 0.3 is 5.97 Å². The van der Waals surface area contributed by atoms with Crippen molar-refractivity contribution in [3.8, 4) is 5.75 Å². The lowest BCUT2D eigenvalue weighted by atomic mass is 10.0. The van der Waals surface area contributed by atoms with E-state index in [1.807, 2.05) is 37.3 Å². The number of nitrogens with one attached hydrogen (secondary N) is 1. The van der Waals surface area contributed by atoms with Gasteiger partial charge in [-0.1, -0.05) is 53.2 Å². The number of phenolic OH excluding ortho intramolecular Hbond substituents is 1. The van der Waals surface area contributed by atoms with Gasteiger partial charge in [-0.3, -0.25) is 4.79 Å². The standard InChI is InChI=1S/C18H18BrNO4/c1-12(13-5-3-2-4-6-13)10-20-17(22)11-24-18(23)15-9-14(19)7-8-16(15)21/h2-9,12,21H,10-11H2,1H3,(H,20,22)/t12-/m0/s1. The van der Waals surface area contributed by atoms with Crippen LogP contribution in [0.3, 0.4) is 0 Å². The fraction of sp³-hybridized carbons (Fsp3) is 0.222. The van der Waals surface area contributed by atoms with Gasteiger partial charge in [0.2, 0.25) is 0 Å². The number of esters is 1. The Morgan fingerprint density at radius 2 is 1.92 bits per heavy atom. The highest BCUT2D eigenvalue weighted by molar-refractivity contribution is 9.10. The Bertz CT molecular complexity index is 718. The molecule has 24 heavy (non-hydrogen) atoms. The van der Waals surface area contributed by atoms with Gasteiger partial charge in [-0.2, -0.15) is 0 Å². The smallest absolute Gasteiger partial charge is 0.342 e. The molecular weight excluding hydrogens is 374 g/mol. The molecule has 0 unspecified atom stereocenters. The monoisotopic (exact) mass is 391 g/mol. The number of hydrogen-bond donors (Lipinski definition) is 2. The van der Waals surface area contributed by atoms with Crippen LogP contribution >= 0.6 is 15.9 Å². The van der Waals surface area contributed by atoms with Gasteiger partial charge in [0.1, 0.15) is 11.3 Å². The molecule has 2 aromatic rings. The molecule has 2 aromatic carbocycles. The Morgan fingerprint density at radius 1 is 1.21 bits per heavy atom. The highest BCUT2D eigenvalue weighted by Crippen LogP contribution is 2.22. The molecule has 0 fully saturated rings. The van der Waals surface area contributed by atoms with Gasteiger partial charge in [0.05, 0.1) is 0 Å². The minimum atomic E-state index is -0.750. The summed E-state index contributed by atoms with van der Waals surface area (Å²) < 4.78 is 5.56. The molecular formula is C18H18BrNO4. The van der Waals surface area contributed by atoms with Crippen LogP contribution in [0.25, 0.3) is 0 Å². The second-order valence-electron chi connectivity index (χ2n) is 5.35. The lowest BCUT2D eigenvalue weighted by Gasteiger charge is -2.13. The maximum Gasteiger partial charge on any atom is 0.342 e. The normalized spacial score (nSPS) is 11.6. The maximum absolute atomic E-state index is 11.9. The van der Waals surface area contributed by atoms with Gasteiger partial charge in [0.25, 0.3) is 5.91 Å². The van der Waals surface area contributed by atoms with Crippen molar-refractivity contribution in [3.05, 3.63) is 64.1 Å². The molecule has 0 aliphatic carbocycles. The number of ether oxygens (including phenoxy) is 1. The number of halogens is 1. The quantitative estimate of drug-likeness (QED) is 0.741. The van der Waals surface area contributed by atoms with E-state index in [-0.39, 0.29) is 23.1 Å². The predicted octanol–water partition coefficient (Wildman–Crippen LogP) is 3.23. The number of carbonyl (C=O) groups is 2. The minimum absolute atomic E-state index is 0.00910. The summed E-state index contributed by atoms with van der Waals surface area (Å²) >= 11 is 3.21. The molecule has 0 saturated carbocycles. The van der Waals surface area contributed by atoms with Gasteiger partial charge in [0, 0.05) is 11.0 Å². The van der Waals surface area contributed by atoms with Gasteiger partial charge in [0.15, 0.2) is 6.61 Å². The maximum atomic E-state index is 11.9. The topological polar surface area (TPSA) is 75.6 Å². The summed E-state index contributed by atoms with van der Waals surface area (Å²) in [6.07, 6.45) is 0. The molecule has 2 N–H and O–H groups in total. The third-order valence-corrected chi connectivity index (χ3v) is 3.98. The van der Waals surface area contributed by atoms with Crippen molar-refractivity contribution in [1.29, 1.82) is 0 Å². The van der Waals surface area contributed by atoms with Gasteiger partial charge in [-0.15, -0.1) is 0 Å². The van der Waals surface area contributed by atoms with E-state index < -0.39 is 12.6 Å². The zero-order valence-corrected chi connectivity index (χ0v) is 14.7. The summed E-state index contributed by atoms with van der Waals surface area (Å²) in [4.78, 5) is 23.7. The van der Waals surface area contributed by atoms with E-state index in [9.17, 15) is 14.7 Å². The Hall–Kier alpha value is -2.34. The van der Waals surface area contributed by atoms with Crippen LogP contribution < -0.4 is 5.32 Å². The van der Waals surface area contributed by atoms with Crippen LogP contribution in [0.5, 0.6) is 5.75 Å². The molecule has 0 bridgehead atoms. The first-order chi connectivity index (χ1) is 11.5. The van der Waals surface area contributed by atoms with E-state index in [1.54, 1.807) is 6.07 Å². The number of rotatable bonds is 6. The Balaban J connectivity index is 1.81. The molecule has 0 aliphatic heterocycles. The number of carbonyl (C=O) groups excluding carboxylic acids is 2. The van der Waals surface area contributed by atoms with Crippen LogP contribution in [-0.4, -0.2) is 30.1 Å². The van der Waals surface area contributed by atoms with E-state index in [0.29, 0.717) is 11.0 Å². The van der Waals surface area contributed by atoms with Gasteiger partial charge in [-0.25, -0.2) is 4.79 Å². The number of phenols is 1. The van der Waals surface area contributed by atoms with Crippen molar-refractivity contribution in [1.82, 2.24) is 5.32 Å². The zero-order valence-electron chi connectivity index (χ0n) is 13.2. The SMILES string of the molecule is C[C@@H](CNC(=O)COC(=O)c1cc(Br)ccc1O)c1ccccc1. The lowest BCUT2D eigenvalue weighted by Crippen LogP contribution is -2.31. The van der Waals surface area contributed by atoms with E-state index in [2.05, 4.69) is 21.2 Å². The van der Waals surface area contributed by atoms with Crippen LogP contribution in [-0.2, 0) is 9.53 Å². The Labute approximate surface area is 148 Å². The lowest BCUT2D eigenvalue weighted by molar-refractivity contribution is -0.124. The third-order valence-electron chi connectivity index (χ3n) is 3.49. The van der Waals surface area contributed by atoms with Crippen molar-refractivity contribution >= 4 is 27.8 Å². The van der Waals surface area contributed by atoms with Crippen LogP contribution in [0.15, 0.2) is 53.0 Å². The number of aromatic hydroxyl groups is 1. The first kappa shape index (κ1) is 18.0. The second-order valence-corrected chi connectivity index (χ2v) is 6.27. The third kappa shape index (κ3) is 5.09. The fourth-order valence-corrected chi connectivity index (χ4v) is 2.46. The highest BCUT2D eigenvalue weighted by Gasteiger charge is 2.15. The van der Waals surface area contributed by atoms with E-state index in [4.69, 9.17) is 4.74 Å². The molecule has 2 rings (SSSR count). The molecule has 0 radical (unpaired) electrons. The number of hydrogen-bond acceptors (Lipinski definition) is 4. The first-order valence-electron chi connectivity index (χ1n) is 7.44. The fourth-order valence-electron chi connectivity index (χ4n) is 2.10. The number of amides is 1. The zero-order chi connectivity index (χ0) is 17.5. The molecule has 1 atom stereocenters. The molecule has 0 aromatic heterocycles. The second kappa shape index (κ2) is 8.49. The van der Waals surface area contributed by atoms with E-state index >= 15 is 0 Å². The van der Waals surface area contributed by atoms with Gasteiger partial charge < -0.3 is 15.2 Å². The summed E-state index contributed by atoms with van der Waals surface area (Å²) in [7, 11) is 0. The summed E-state index contributed by atoms with van der Waals surface area (Å²) in [5.74, 6) is -1.18. The molecule has 126 valence electrons. The molecule has 1 amide bonds. The summed E-state index contributed by atoms with van der Waals surface area (Å²) in [6, 6.07) is 14.2. The summed E-state index contributed by atoms with van der Waals surface area (Å²) in [6.45, 7) is 2.05. The summed E-state index contributed by atoms with van der Waals surface area (Å²) in [5.41, 5.74) is 1.13. The first-order valence-corrected chi connectivity index (χ1v) is 8.24. The largest absolute Gasteiger partial charge is 0.507 e. The van der Waals surface area contributed by atoms with Gasteiger partial charge in [-0.05, 0) is 29.7 Å². The highest BCUT2D eigenvalue weighted by atomic mass is 79.9. The molecule has 0 aliphatic rings. The van der Waals surface area contributed by atoms with Crippen molar-refractivity contribution in [3.63, 3.8) is 0 Å². The Kier molecular flexibility index (Phi) is 6.37. The predicted molar refractivity (Wildman–Crippen MR) is 94.0 cm³/mol.